The molecule has 1 amide bonds. The first-order chi connectivity index (χ1) is 7.92. The van der Waals surface area contributed by atoms with Crippen LogP contribution in [0.5, 0.6) is 0 Å². The van der Waals surface area contributed by atoms with Gasteiger partial charge in [-0.15, -0.1) is 0 Å². The molecule has 0 radical (unpaired) electrons. The fraction of sp³-hybridized carbons (Fsp3) is 0.500. The molecule has 2 rings (SSSR count). The van der Waals surface area contributed by atoms with Crippen molar-refractivity contribution in [2.45, 2.75) is 26.3 Å². The van der Waals surface area contributed by atoms with Crippen molar-refractivity contribution < 1.29 is 4.79 Å². The predicted octanol–water partition coefficient (Wildman–Crippen LogP) is 1.80. The monoisotopic (exact) mass is 232 g/mol. The number of amides is 1. The van der Waals surface area contributed by atoms with E-state index in [9.17, 15) is 4.79 Å². The summed E-state index contributed by atoms with van der Waals surface area (Å²) in [7, 11) is 0. The van der Waals surface area contributed by atoms with E-state index in [-0.39, 0.29) is 11.4 Å². The summed E-state index contributed by atoms with van der Waals surface area (Å²) in [6.45, 7) is 7.55. The number of likely N-dealkylation sites (tertiary alicyclic amines) is 1. The first kappa shape index (κ1) is 12.1. The Morgan fingerprint density at radius 1 is 1.29 bits per heavy atom. The summed E-state index contributed by atoms with van der Waals surface area (Å²) in [5.74, 6) is 0.497. The number of hydrogen-bond acceptors (Lipinski definition) is 2. The average molecular weight is 232 g/mol. The van der Waals surface area contributed by atoms with Gasteiger partial charge in [-0.3, -0.25) is 4.79 Å². The summed E-state index contributed by atoms with van der Waals surface area (Å²) in [6.07, 6.45) is 0. The van der Waals surface area contributed by atoms with Gasteiger partial charge in [0.1, 0.15) is 0 Å². The van der Waals surface area contributed by atoms with Gasteiger partial charge in [0.2, 0.25) is 0 Å². The van der Waals surface area contributed by atoms with Crippen LogP contribution in [0.1, 0.15) is 29.8 Å². The minimum atomic E-state index is -0.194. The molecule has 0 atom stereocenters. The fourth-order valence-electron chi connectivity index (χ4n) is 2.05. The molecule has 0 saturated carbocycles. The molecule has 0 aliphatic carbocycles. The number of hydrogen-bond donors (Lipinski definition) is 1. The third-order valence-corrected chi connectivity index (χ3v) is 3.71. The summed E-state index contributed by atoms with van der Waals surface area (Å²) in [6, 6.07) is 7.68. The van der Waals surface area contributed by atoms with Crippen LogP contribution in [0.4, 0.5) is 0 Å². The summed E-state index contributed by atoms with van der Waals surface area (Å²) in [4.78, 5) is 13.9. The molecule has 92 valence electrons. The van der Waals surface area contributed by atoms with Crippen LogP contribution < -0.4 is 5.73 Å². The van der Waals surface area contributed by atoms with E-state index in [1.807, 2.05) is 36.1 Å². The van der Waals surface area contributed by atoms with Gasteiger partial charge in [0, 0.05) is 18.7 Å². The molecule has 17 heavy (non-hydrogen) atoms. The molecular formula is C14H20N2O. The van der Waals surface area contributed by atoms with Gasteiger partial charge in [-0.2, -0.15) is 0 Å². The minimum absolute atomic E-state index is 0.0896. The van der Waals surface area contributed by atoms with Crippen molar-refractivity contribution in [3.05, 3.63) is 35.4 Å². The van der Waals surface area contributed by atoms with Crippen LogP contribution in [-0.2, 0) is 0 Å². The lowest BCUT2D eigenvalue weighted by atomic mass is 9.80. The van der Waals surface area contributed by atoms with Crippen LogP contribution in [0, 0.1) is 12.8 Å². The van der Waals surface area contributed by atoms with Crippen molar-refractivity contribution in [2.75, 3.05) is 13.1 Å². The zero-order chi connectivity index (χ0) is 12.6. The van der Waals surface area contributed by atoms with Crippen molar-refractivity contribution in [1.82, 2.24) is 4.90 Å². The molecule has 1 heterocycles. The number of carbonyl (C=O) groups excluding carboxylic acids is 1. The Kier molecular flexibility index (Phi) is 2.96. The van der Waals surface area contributed by atoms with E-state index in [0.29, 0.717) is 19.0 Å². The molecule has 1 aliphatic rings. The summed E-state index contributed by atoms with van der Waals surface area (Å²) in [5.41, 5.74) is 7.91. The maximum absolute atomic E-state index is 12.1. The lowest BCUT2D eigenvalue weighted by Gasteiger charge is -2.50. The van der Waals surface area contributed by atoms with Crippen LogP contribution in [0.25, 0.3) is 0 Å². The highest BCUT2D eigenvalue weighted by Crippen LogP contribution is 2.27. The van der Waals surface area contributed by atoms with E-state index in [1.54, 1.807) is 0 Å². The third-order valence-electron chi connectivity index (χ3n) is 3.71. The zero-order valence-electron chi connectivity index (χ0n) is 10.7. The van der Waals surface area contributed by atoms with Crippen molar-refractivity contribution in [2.24, 2.45) is 11.7 Å². The van der Waals surface area contributed by atoms with Crippen molar-refractivity contribution >= 4 is 5.91 Å². The molecule has 0 bridgehead atoms. The number of aryl methyl sites for hydroxylation is 1. The average Bonchev–Trinajstić information content (AvgIpc) is 2.24. The standard InChI is InChI=1S/C14H20N2O/c1-10(2)14(15)8-16(9-14)13(17)12-6-4-11(3)5-7-12/h4-7,10H,8-9,15H2,1-3H3. The van der Waals surface area contributed by atoms with Crippen molar-refractivity contribution in [1.29, 1.82) is 0 Å². The topological polar surface area (TPSA) is 46.3 Å². The number of benzene rings is 1. The van der Waals surface area contributed by atoms with E-state index in [4.69, 9.17) is 5.73 Å². The highest BCUT2D eigenvalue weighted by Gasteiger charge is 2.44. The number of rotatable bonds is 2. The number of nitrogens with two attached hydrogens (primary N) is 1. The van der Waals surface area contributed by atoms with Gasteiger partial charge in [-0.05, 0) is 25.0 Å². The fourth-order valence-corrected chi connectivity index (χ4v) is 2.05. The Morgan fingerprint density at radius 2 is 1.82 bits per heavy atom. The Balaban J connectivity index is 2.02. The zero-order valence-corrected chi connectivity index (χ0v) is 10.7. The van der Waals surface area contributed by atoms with E-state index in [2.05, 4.69) is 13.8 Å². The SMILES string of the molecule is Cc1ccc(C(=O)N2CC(N)(C(C)C)C2)cc1. The molecular weight excluding hydrogens is 212 g/mol. The molecule has 1 aromatic carbocycles. The normalized spacial score (nSPS) is 18.1. The number of carbonyl (C=O) groups is 1. The maximum atomic E-state index is 12.1. The lowest BCUT2D eigenvalue weighted by molar-refractivity contribution is 0.0275. The van der Waals surface area contributed by atoms with Crippen molar-refractivity contribution in [3.63, 3.8) is 0 Å². The molecule has 2 N–H and O–H groups in total. The Morgan fingerprint density at radius 3 is 2.29 bits per heavy atom. The highest BCUT2D eigenvalue weighted by atomic mass is 16.2. The molecule has 0 spiro atoms. The Bertz CT molecular complexity index is 416. The van der Waals surface area contributed by atoms with E-state index in [1.165, 1.54) is 5.56 Å². The van der Waals surface area contributed by atoms with Gasteiger partial charge in [-0.1, -0.05) is 31.5 Å². The van der Waals surface area contributed by atoms with Gasteiger partial charge < -0.3 is 10.6 Å². The van der Waals surface area contributed by atoms with Crippen LogP contribution in [0.2, 0.25) is 0 Å². The van der Waals surface area contributed by atoms with Gasteiger partial charge in [0.15, 0.2) is 0 Å². The van der Waals surface area contributed by atoms with E-state index >= 15 is 0 Å². The highest BCUT2D eigenvalue weighted by molar-refractivity contribution is 5.95. The molecule has 1 fully saturated rings. The largest absolute Gasteiger partial charge is 0.335 e. The quantitative estimate of drug-likeness (QED) is 0.845. The molecule has 1 aliphatic heterocycles. The minimum Gasteiger partial charge on any atom is -0.335 e. The molecule has 0 unspecified atom stereocenters. The molecule has 3 heteroatoms. The maximum Gasteiger partial charge on any atom is 0.253 e. The molecule has 0 aromatic heterocycles. The predicted molar refractivity (Wildman–Crippen MR) is 68.8 cm³/mol. The Labute approximate surface area is 103 Å². The summed E-state index contributed by atoms with van der Waals surface area (Å²) < 4.78 is 0. The summed E-state index contributed by atoms with van der Waals surface area (Å²) >= 11 is 0. The number of nitrogens with zero attached hydrogens (tertiary/aromatic N) is 1. The lowest BCUT2D eigenvalue weighted by Crippen LogP contribution is -2.71. The van der Waals surface area contributed by atoms with Gasteiger partial charge in [-0.25, -0.2) is 0 Å². The third kappa shape index (κ3) is 2.20. The van der Waals surface area contributed by atoms with Gasteiger partial charge in [0.25, 0.3) is 5.91 Å². The second-order valence-corrected chi connectivity index (χ2v) is 5.42. The van der Waals surface area contributed by atoms with Crippen LogP contribution in [0.3, 0.4) is 0 Å². The molecule has 3 nitrogen and oxygen atoms in total. The molecule has 1 saturated heterocycles. The van der Waals surface area contributed by atoms with Gasteiger partial charge in [0.05, 0.1) is 5.54 Å². The second-order valence-electron chi connectivity index (χ2n) is 5.42. The first-order valence-corrected chi connectivity index (χ1v) is 6.07. The van der Waals surface area contributed by atoms with Crippen LogP contribution in [-0.4, -0.2) is 29.4 Å². The molecule has 1 aromatic rings. The Hall–Kier alpha value is -1.35. The van der Waals surface area contributed by atoms with Crippen LogP contribution >= 0.6 is 0 Å². The van der Waals surface area contributed by atoms with E-state index in [0.717, 1.165) is 5.56 Å². The summed E-state index contributed by atoms with van der Waals surface area (Å²) in [5, 5.41) is 0. The smallest absolute Gasteiger partial charge is 0.253 e. The first-order valence-electron chi connectivity index (χ1n) is 6.07. The van der Waals surface area contributed by atoms with Crippen LogP contribution in [0.15, 0.2) is 24.3 Å². The van der Waals surface area contributed by atoms with E-state index < -0.39 is 0 Å². The van der Waals surface area contributed by atoms with Crippen molar-refractivity contribution in [3.8, 4) is 0 Å². The van der Waals surface area contributed by atoms with Gasteiger partial charge >= 0.3 is 0 Å². The second kappa shape index (κ2) is 4.15.